The van der Waals surface area contributed by atoms with E-state index in [9.17, 15) is 0 Å². The van der Waals surface area contributed by atoms with E-state index in [1.54, 1.807) is 0 Å². The Morgan fingerprint density at radius 2 is 1.76 bits per heavy atom. The van der Waals surface area contributed by atoms with E-state index in [0.29, 0.717) is 0 Å². The molecule has 0 unspecified atom stereocenters. The molecule has 0 fully saturated rings. The predicted octanol–water partition coefficient (Wildman–Crippen LogP) is 3.26. The third-order valence-electron chi connectivity index (χ3n) is 3.68. The highest BCUT2D eigenvalue weighted by molar-refractivity contribution is 5.47. The zero-order chi connectivity index (χ0) is 14.9. The van der Waals surface area contributed by atoms with Gasteiger partial charge < -0.3 is 10.2 Å². The van der Waals surface area contributed by atoms with E-state index in [-0.39, 0.29) is 0 Å². The van der Waals surface area contributed by atoms with Gasteiger partial charge >= 0.3 is 0 Å². The summed E-state index contributed by atoms with van der Waals surface area (Å²) in [7, 11) is 0. The number of nitrogens with zero attached hydrogens (tertiary/aromatic N) is 2. The lowest BCUT2D eigenvalue weighted by Gasteiger charge is -2.21. The average Bonchev–Trinajstić information content (AvgIpc) is 2.55. The van der Waals surface area contributed by atoms with Crippen LogP contribution >= 0.6 is 0 Å². The van der Waals surface area contributed by atoms with E-state index in [1.807, 2.05) is 18.3 Å². The van der Waals surface area contributed by atoms with Crippen LogP contribution in [-0.2, 0) is 13.0 Å². The topological polar surface area (TPSA) is 28.2 Å². The highest BCUT2D eigenvalue weighted by Crippen LogP contribution is 2.14. The van der Waals surface area contributed by atoms with E-state index in [0.717, 1.165) is 38.3 Å². The maximum absolute atomic E-state index is 4.33. The first kappa shape index (κ1) is 15.5. The van der Waals surface area contributed by atoms with Crippen LogP contribution in [0, 0.1) is 0 Å². The van der Waals surface area contributed by atoms with Crippen LogP contribution in [0.1, 0.15) is 25.1 Å². The summed E-state index contributed by atoms with van der Waals surface area (Å²) < 4.78 is 0. The summed E-state index contributed by atoms with van der Waals surface area (Å²) in [5.74, 6) is 0. The van der Waals surface area contributed by atoms with Crippen molar-refractivity contribution in [2.45, 2.75) is 26.8 Å². The Labute approximate surface area is 128 Å². The van der Waals surface area contributed by atoms with Gasteiger partial charge in [0, 0.05) is 50.2 Å². The predicted molar refractivity (Wildman–Crippen MR) is 89.7 cm³/mol. The number of anilines is 1. The summed E-state index contributed by atoms with van der Waals surface area (Å²) in [6, 6.07) is 14.9. The molecule has 1 heterocycles. The van der Waals surface area contributed by atoms with Gasteiger partial charge in [-0.25, -0.2) is 0 Å². The fourth-order valence-electron chi connectivity index (χ4n) is 2.41. The third kappa shape index (κ3) is 4.87. The van der Waals surface area contributed by atoms with E-state index < -0.39 is 0 Å². The number of hydrogen-bond donors (Lipinski definition) is 1. The number of rotatable bonds is 8. The molecule has 2 aromatic rings. The lowest BCUT2D eigenvalue weighted by atomic mass is 10.2. The fourth-order valence-corrected chi connectivity index (χ4v) is 2.41. The van der Waals surface area contributed by atoms with Crippen LogP contribution in [0.4, 0.5) is 5.69 Å². The van der Waals surface area contributed by atoms with Crippen molar-refractivity contribution in [2.75, 3.05) is 24.5 Å². The Hall–Kier alpha value is -1.87. The second kappa shape index (κ2) is 8.42. The monoisotopic (exact) mass is 283 g/mol. The number of benzene rings is 1. The van der Waals surface area contributed by atoms with Crippen molar-refractivity contribution in [3.63, 3.8) is 0 Å². The molecule has 0 atom stereocenters. The first-order chi connectivity index (χ1) is 10.3. The molecule has 0 bridgehead atoms. The molecule has 0 aliphatic heterocycles. The molecule has 2 rings (SSSR count). The summed E-state index contributed by atoms with van der Waals surface area (Å²) in [6.07, 6.45) is 2.82. The molecule has 21 heavy (non-hydrogen) atoms. The van der Waals surface area contributed by atoms with Crippen LogP contribution < -0.4 is 10.2 Å². The van der Waals surface area contributed by atoms with Crippen molar-refractivity contribution in [1.29, 1.82) is 0 Å². The molecular weight excluding hydrogens is 258 g/mol. The molecule has 3 nitrogen and oxygen atoms in total. The molecule has 0 aliphatic carbocycles. The van der Waals surface area contributed by atoms with Crippen LogP contribution in [0.2, 0.25) is 0 Å². The van der Waals surface area contributed by atoms with Crippen molar-refractivity contribution >= 4 is 5.69 Å². The van der Waals surface area contributed by atoms with Crippen LogP contribution in [0.3, 0.4) is 0 Å². The normalized spacial score (nSPS) is 10.6. The second-order valence-corrected chi connectivity index (χ2v) is 5.09. The third-order valence-corrected chi connectivity index (χ3v) is 3.68. The van der Waals surface area contributed by atoms with Gasteiger partial charge in [-0.2, -0.15) is 0 Å². The van der Waals surface area contributed by atoms with E-state index in [1.165, 1.54) is 11.3 Å². The molecule has 0 radical (unpaired) electrons. The Bertz CT molecular complexity index is 504. The second-order valence-electron chi connectivity index (χ2n) is 5.09. The van der Waals surface area contributed by atoms with Gasteiger partial charge in [-0.3, -0.25) is 4.98 Å². The zero-order valence-electron chi connectivity index (χ0n) is 13.0. The summed E-state index contributed by atoms with van der Waals surface area (Å²) in [5.41, 5.74) is 3.77. The largest absolute Gasteiger partial charge is 0.372 e. The SMILES string of the molecule is CCN(CC)c1ccc(CNCCc2ccccn2)cc1. The minimum atomic E-state index is 0.908. The molecule has 3 heteroatoms. The molecule has 0 saturated heterocycles. The first-order valence-electron chi connectivity index (χ1n) is 7.78. The molecule has 0 amide bonds. The van der Waals surface area contributed by atoms with Gasteiger partial charge in [0.25, 0.3) is 0 Å². The van der Waals surface area contributed by atoms with Crippen molar-refractivity contribution in [3.8, 4) is 0 Å². The highest BCUT2D eigenvalue weighted by Gasteiger charge is 2.01. The number of hydrogen-bond acceptors (Lipinski definition) is 3. The quantitative estimate of drug-likeness (QED) is 0.754. The summed E-state index contributed by atoms with van der Waals surface area (Å²) in [5, 5.41) is 3.47. The standard InChI is InChI=1S/C18H25N3/c1-3-21(4-2)18-10-8-16(9-11-18)15-19-14-12-17-7-5-6-13-20-17/h5-11,13,19H,3-4,12,14-15H2,1-2H3. The fraction of sp³-hybridized carbons (Fsp3) is 0.389. The Morgan fingerprint density at radius 3 is 2.38 bits per heavy atom. The van der Waals surface area contributed by atoms with Crippen LogP contribution in [0.15, 0.2) is 48.7 Å². The van der Waals surface area contributed by atoms with Crippen molar-refractivity contribution in [2.24, 2.45) is 0 Å². The van der Waals surface area contributed by atoms with Gasteiger partial charge in [0.15, 0.2) is 0 Å². The lowest BCUT2D eigenvalue weighted by Crippen LogP contribution is -2.21. The Morgan fingerprint density at radius 1 is 1.00 bits per heavy atom. The number of nitrogens with one attached hydrogen (secondary N) is 1. The zero-order valence-corrected chi connectivity index (χ0v) is 13.0. The summed E-state index contributed by atoms with van der Waals surface area (Å²) >= 11 is 0. The maximum atomic E-state index is 4.33. The van der Waals surface area contributed by atoms with Crippen LogP contribution in [-0.4, -0.2) is 24.6 Å². The molecule has 0 aliphatic rings. The Kier molecular flexibility index (Phi) is 6.22. The molecular formula is C18H25N3. The molecule has 1 N–H and O–H groups in total. The average molecular weight is 283 g/mol. The van der Waals surface area contributed by atoms with E-state index in [2.05, 4.69) is 59.4 Å². The van der Waals surface area contributed by atoms with E-state index >= 15 is 0 Å². The van der Waals surface area contributed by atoms with Gasteiger partial charge in [-0.15, -0.1) is 0 Å². The molecule has 0 saturated carbocycles. The summed E-state index contributed by atoms with van der Waals surface area (Å²) in [6.45, 7) is 8.35. The number of aromatic nitrogens is 1. The van der Waals surface area contributed by atoms with Gasteiger partial charge in [0.1, 0.15) is 0 Å². The molecule has 0 spiro atoms. The van der Waals surface area contributed by atoms with Crippen molar-refractivity contribution in [1.82, 2.24) is 10.3 Å². The van der Waals surface area contributed by atoms with Crippen LogP contribution in [0.25, 0.3) is 0 Å². The lowest BCUT2D eigenvalue weighted by molar-refractivity contribution is 0.680. The summed E-state index contributed by atoms with van der Waals surface area (Å²) in [4.78, 5) is 6.69. The van der Waals surface area contributed by atoms with E-state index in [4.69, 9.17) is 0 Å². The number of pyridine rings is 1. The minimum absolute atomic E-state index is 0.908. The minimum Gasteiger partial charge on any atom is -0.372 e. The highest BCUT2D eigenvalue weighted by atomic mass is 15.1. The smallest absolute Gasteiger partial charge is 0.0416 e. The molecule has 112 valence electrons. The van der Waals surface area contributed by atoms with Crippen molar-refractivity contribution in [3.05, 3.63) is 59.9 Å². The van der Waals surface area contributed by atoms with Crippen molar-refractivity contribution < 1.29 is 0 Å². The maximum Gasteiger partial charge on any atom is 0.0416 e. The van der Waals surface area contributed by atoms with Gasteiger partial charge in [-0.1, -0.05) is 18.2 Å². The molecule has 1 aromatic carbocycles. The Balaban J connectivity index is 1.76. The van der Waals surface area contributed by atoms with Gasteiger partial charge in [0.2, 0.25) is 0 Å². The van der Waals surface area contributed by atoms with Crippen LogP contribution in [0.5, 0.6) is 0 Å². The van der Waals surface area contributed by atoms with Gasteiger partial charge in [0.05, 0.1) is 0 Å². The van der Waals surface area contributed by atoms with Gasteiger partial charge in [-0.05, 0) is 43.7 Å². The molecule has 1 aromatic heterocycles. The first-order valence-corrected chi connectivity index (χ1v) is 7.78.